The number of carbonyl (C=O) groups excluding carboxylic acids is 1. The van der Waals surface area contributed by atoms with Gasteiger partial charge in [-0.05, 0) is 25.5 Å². The molecule has 2 rings (SSSR count). The van der Waals surface area contributed by atoms with Crippen LogP contribution < -0.4 is 5.43 Å². The molecular weight excluding hydrogens is 289 g/mol. The van der Waals surface area contributed by atoms with Crippen molar-refractivity contribution < 1.29 is 19.0 Å². The SMILES string of the molecule is CCOC(=O)c1cn(C(CC)CO)c2c(F)cccc2c1=O. The molecule has 0 aliphatic heterocycles. The first-order chi connectivity index (χ1) is 10.5. The number of benzene rings is 1. The predicted molar refractivity (Wildman–Crippen MR) is 80.5 cm³/mol. The van der Waals surface area contributed by atoms with Crippen molar-refractivity contribution in [1.29, 1.82) is 0 Å². The van der Waals surface area contributed by atoms with E-state index in [1.165, 1.54) is 29.0 Å². The van der Waals surface area contributed by atoms with Crippen molar-refractivity contribution in [3.8, 4) is 0 Å². The van der Waals surface area contributed by atoms with Crippen LogP contribution in [0.3, 0.4) is 0 Å². The first-order valence-electron chi connectivity index (χ1n) is 7.16. The highest BCUT2D eigenvalue weighted by molar-refractivity contribution is 5.93. The first kappa shape index (κ1) is 16.2. The average molecular weight is 307 g/mol. The van der Waals surface area contributed by atoms with Gasteiger partial charge >= 0.3 is 5.97 Å². The molecule has 0 bridgehead atoms. The van der Waals surface area contributed by atoms with Gasteiger partial charge in [-0.25, -0.2) is 9.18 Å². The number of aliphatic hydroxyl groups is 1. The Bertz CT molecular complexity index is 750. The van der Waals surface area contributed by atoms with Gasteiger partial charge in [0.2, 0.25) is 5.43 Å². The molecule has 1 atom stereocenters. The molecule has 0 saturated carbocycles. The van der Waals surface area contributed by atoms with Gasteiger partial charge < -0.3 is 14.4 Å². The van der Waals surface area contributed by atoms with Crippen molar-refractivity contribution in [2.45, 2.75) is 26.3 Å². The van der Waals surface area contributed by atoms with Crippen LogP contribution in [0.25, 0.3) is 10.9 Å². The zero-order chi connectivity index (χ0) is 16.3. The molecule has 1 aromatic carbocycles. The quantitative estimate of drug-likeness (QED) is 0.860. The summed E-state index contributed by atoms with van der Waals surface area (Å²) < 4.78 is 20.5. The van der Waals surface area contributed by atoms with Crippen LogP contribution in [0.5, 0.6) is 0 Å². The minimum absolute atomic E-state index is 0.0847. The second kappa shape index (κ2) is 6.70. The molecule has 0 fully saturated rings. The number of aliphatic hydroxyl groups excluding tert-OH is 1. The van der Waals surface area contributed by atoms with E-state index in [9.17, 15) is 19.1 Å². The number of nitrogens with zero attached hydrogens (tertiary/aromatic N) is 1. The zero-order valence-corrected chi connectivity index (χ0v) is 12.5. The summed E-state index contributed by atoms with van der Waals surface area (Å²) in [6, 6.07) is 3.68. The molecule has 1 N–H and O–H groups in total. The van der Waals surface area contributed by atoms with Crippen LogP contribution in [-0.4, -0.2) is 28.9 Å². The summed E-state index contributed by atoms with van der Waals surface area (Å²) in [7, 11) is 0. The Balaban J connectivity index is 2.83. The lowest BCUT2D eigenvalue weighted by molar-refractivity contribution is 0.0523. The molecule has 0 spiro atoms. The van der Waals surface area contributed by atoms with Gasteiger partial charge in [-0.3, -0.25) is 4.79 Å². The summed E-state index contributed by atoms with van der Waals surface area (Å²) in [4.78, 5) is 24.4. The van der Waals surface area contributed by atoms with Crippen molar-refractivity contribution in [1.82, 2.24) is 4.57 Å². The smallest absolute Gasteiger partial charge is 0.343 e. The van der Waals surface area contributed by atoms with Crippen LogP contribution in [0, 0.1) is 5.82 Å². The molecular formula is C16H18FNO4. The third-order valence-electron chi connectivity index (χ3n) is 3.57. The van der Waals surface area contributed by atoms with E-state index < -0.39 is 23.3 Å². The van der Waals surface area contributed by atoms with Crippen molar-refractivity contribution in [2.75, 3.05) is 13.2 Å². The summed E-state index contributed by atoms with van der Waals surface area (Å²) in [5.41, 5.74) is -0.648. The highest BCUT2D eigenvalue weighted by Crippen LogP contribution is 2.22. The van der Waals surface area contributed by atoms with Gasteiger partial charge in [0.25, 0.3) is 0 Å². The molecule has 2 aromatic rings. The molecule has 22 heavy (non-hydrogen) atoms. The Morgan fingerprint density at radius 3 is 2.73 bits per heavy atom. The maximum absolute atomic E-state index is 14.2. The lowest BCUT2D eigenvalue weighted by Gasteiger charge is -2.20. The lowest BCUT2D eigenvalue weighted by Crippen LogP contribution is -2.24. The number of aromatic nitrogens is 1. The Kier molecular flexibility index (Phi) is 4.92. The molecule has 5 nitrogen and oxygen atoms in total. The average Bonchev–Trinajstić information content (AvgIpc) is 2.51. The summed E-state index contributed by atoms with van der Waals surface area (Å²) in [5, 5.41) is 9.59. The third-order valence-corrected chi connectivity index (χ3v) is 3.57. The summed E-state index contributed by atoms with van der Waals surface area (Å²) in [6.07, 6.45) is 1.79. The van der Waals surface area contributed by atoms with Crippen LogP contribution in [0.4, 0.5) is 4.39 Å². The Morgan fingerprint density at radius 2 is 2.14 bits per heavy atom. The van der Waals surface area contributed by atoms with E-state index >= 15 is 0 Å². The van der Waals surface area contributed by atoms with Gasteiger partial charge in [0, 0.05) is 11.6 Å². The van der Waals surface area contributed by atoms with Crippen molar-refractivity contribution in [2.24, 2.45) is 0 Å². The largest absolute Gasteiger partial charge is 0.462 e. The fourth-order valence-electron chi connectivity index (χ4n) is 2.42. The van der Waals surface area contributed by atoms with E-state index in [1.807, 2.05) is 6.92 Å². The Morgan fingerprint density at radius 1 is 1.41 bits per heavy atom. The van der Waals surface area contributed by atoms with Gasteiger partial charge in [0.05, 0.1) is 24.8 Å². The number of hydrogen-bond acceptors (Lipinski definition) is 4. The molecule has 0 amide bonds. The number of ether oxygens (including phenoxy) is 1. The van der Waals surface area contributed by atoms with Crippen molar-refractivity contribution in [3.63, 3.8) is 0 Å². The standard InChI is InChI=1S/C16H18FNO4/c1-3-10(9-19)18-8-12(16(21)22-4-2)15(20)11-6-5-7-13(17)14(11)18/h5-8,10,19H,3-4,9H2,1-2H3. The van der Waals surface area contributed by atoms with Crippen LogP contribution >= 0.6 is 0 Å². The third kappa shape index (κ3) is 2.74. The van der Waals surface area contributed by atoms with Gasteiger partial charge in [0.1, 0.15) is 11.4 Å². The monoisotopic (exact) mass is 307 g/mol. The number of rotatable bonds is 5. The van der Waals surface area contributed by atoms with E-state index in [4.69, 9.17) is 4.74 Å². The molecule has 1 unspecified atom stereocenters. The molecule has 118 valence electrons. The van der Waals surface area contributed by atoms with Crippen LogP contribution in [0.1, 0.15) is 36.7 Å². The van der Waals surface area contributed by atoms with E-state index in [2.05, 4.69) is 0 Å². The number of para-hydroxylation sites is 1. The van der Waals surface area contributed by atoms with E-state index in [0.29, 0.717) is 6.42 Å². The molecule has 1 aromatic heterocycles. The van der Waals surface area contributed by atoms with Gasteiger partial charge in [0.15, 0.2) is 0 Å². The fraction of sp³-hybridized carbons (Fsp3) is 0.375. The molecule has 1 heterocycles. The molecule has 6 heteroatoms. The lowest BCUT2D eigenvalue weighted by atomic mass is 10.1. The zero-order valence-electron chi connectivity index (χ0n) is 12.5. The number of carbonyl (C=O) groups is 1. The van der Waals surface area contributed by atoms with Crippen LogP contribution in [-0.2, 0) is 4.74 Å². The number of esters is 1. The maximum atomic E-state index is 14.2. The van der Waals surface area contributed by atoms with Gasteiger partial charge in [-0.1, -0.05) is 13.0 Å². The minimum atomic E-state index is -0.750. The molecule has 0 aliphatic carbocycles. The summed E-state index contributed by atoms with van der Waals surface area (Å²) in [5.74, 6) is -1.32. The Labute approximate surface area is 126 Å². The Hall–Kier alpha value is -2.21. The number of hydrogen-bond donors (Lipinski definition) is 1. The number of halogens is 1. The summed E-state index contributed by atoms with van der Waals surface area (Å²) >= 11 is 0. The first-order valence-corrected chi connectivity index (χ1v) is 7.16. The van der Waals surface area contributed by atoms with Gasteiger partial charge in [-0.15, -0.1) is 0 Å². The number of pyridine rings is 1. The van der Waals surface area contributed by atoms with E-state index in [1.54, 1.807) is 6.92 Å². The van der Waals surface area contributed by atoms with E-state index in [-0.39, 0.29) is 29.7 Å². The fourth-order valence-corrected chi connectivity index (χ4v) is 2.42. The highest BCUT2D eigenvalue weighted by atomic mass is 19.1. The normalized spacial score (nSPS) is 12.4. The second-order valence-electron chi connectivity index (χ2n) is 4.88. The molecule has 0 radical (unpaired) electrons. The topological polar surface area (TPSA) is 68.5 Å². The van der Waals surface area contributed by atoms with Gasteiger partial charge in [-0.2, -0.15) is 0 Å². The number of fused-ring (bicyclic) bond motifs is 1. The van der Waals surface area contributed by atoms with Crippen molar-refractivity contribution >= 4 is 16.9 Å². The van der Waals surface area contributed by atoms with Crippen LogP contribution in [0.15, 0.2) is 29.2 Å². The summed E-state index contributed by atoms with van der Waals surface area (Å²) in [6.45, 7) is 3.37. The maximum Gasteiger partial charge on any atom is 0.343 e. The predicted octanol–water partition coefficient (Wildman–Crippen LogP) is 2.26. The second-order valence-corrected chi connectivity index (χ2v) is 4.88. The molecule has 0 aliphatic rings. The van der Waals surface area contributed by atoms with E-state index in [0.717, 1.165) is 0 Å². The minimum Gasteiger partial charge on any atom is -0.462 e. The highest BCUT2D eigenvalue weighted by Gasteiger charge is 2.21. The van der Waals surface area contributed by atoms with Crippen LogP contribution in [0.2, 0.25) is 0 Å². The van der Waals surface area contributed by atoms with Crippen molar-refractivity contribution in [3.05, 3.63) is 46.0 Å². The molecule has 0 saturated heterocycles.